The van der Waals surface area contributed by atoms with Crippen LogP contribution in [-0.4, -0.2) is 77.9 Å². The molecule has 0 aliphatic carbocycles. The molecular formula is C22H42N8O7. The van der Waals surface area contributed by atoms with Crippen molar-refractivity contribution in [1.29, 1.82) is 0 Å². The minimum Gasteiger partial charge on any atom is -0.480 e. The number of amides is 5. The molecule has 0 radical (unpaired) electrons. The number of nitrogens with two attached hydrogens (primary N) is 5. The lowest BCUT2D eigenvalue weighted by Gasteiger charge is -2.25. The zero-order valence-corrected chi connectivity index (χ0v) is 21.1. The van der Waals surface area contributed by atoms with Crippen LogP contribution in [0.15, 0.2) is 0 Å². The van der Waals surface area contributed by atoms with E-state index in [0.717, 1.165) is 0 Å². The Morgan fingerprint density at radius 2 is 1.00 bits per heavy atom. The quantitative estimate of drug-likeness (QED) is 0.0664. The fourth-order valence-corrected chi connectivity index (χ4v) is 3.32. The molecule has 0 aromatic heterocycles. The summed E-state index contributed by atoms with van der Waals surface area (Å²) >= 11 is 0. The summed E-state index contributed by atoms with van der Waals surface area (Å²) in [4.78, 5) is 72.2. The van der Waals surface area contributed by atoms with Gasteiger partial charge >= 0.3 is 5.97 Å². The Labute approximate surface area is 216 Å². The van der Waals surface area contributed by atoms with Crippen LogP contribution < -0.4 is 44.6 Å². The molecule has 0 spiro atoms. The Morgan fingerprint density at radius 3 is 1.46 bits per heavy atom. The summed E-state index contributed by atoms with van der Waals surface area (Å²) in [5.74, 6) is -5.10. The van der Waals surface area contributed by atoms with Crippen LogP contribution in [0.5, 0.6) is 0 Å². The molecule has 0 aliphatic heterocycles. The summed E-state index contributed by atoms with van der Waals surface area (Å²) < 4.78 is 0. The summed E-state index contributed by atoms with van der Waals surface area (Å²) in [6, 6.07) is -4.73. The molecule has 15 heteroatoms. The number of rotatable bonds is 21. The number of primary amides is 2. The Balaban J connectivity index is 5.53. The van der Waals surface area contributed by atoms with E-state index in [1.807, 2.05) is 0 Å². The summed E-state index contributed by atoms with van der Waals surface area (Å²) in [6.07, 6.45) is 1.88. The lowest BCUT2D eigenvalue weighted by Crippen LogP contribution is -2.57. The van der Waals surface area contributed by atoms with Crippen molar-refractivity contribution in [3.05, 3.63) is 0 Å². The topological polar surface area (TPSA) is 289 Å². The van der Waals surface area contributed by atoms with E-state index >= 15 is 0 Å². The van der Waals surface area contributed by atoms with Gasteiger partial charge in [-0.05, 0) is 58.0 Å². The maximum atomic E-state index is 13.1. The molecule has 4 unspecified atom stereocenters. The van der Waals surface area contributed by atoms with Gasteiger partial charge in [0.05, 0.1) is 6.04 Å². The van der Waals surface area contributed by atoms with Crippen LogP contribution >= 0.6 is 0 Å². The summed E-state index contributed by atoms with van der Waals surface area (Å²) in [5, 5.41) is 16.6. The third-order valence-corrected chi connectivity index (χ3v) is 5.49. The van der Waals surface area contributed by atoms with Crippen molar-refractivity contribution in [3.63, 3.8) is 0 Å². The number of unbranched alkanes of at least 4 members (excludes halogenated alkanes) is 2. The monoisotopic (exact) mass is 530 g/mol. The van der Waals surface area contributed by atoms with Crippen LogP contribution in [0.3, 0.4) is 0 Å². The molecule has 0 saturated heterocycles. The van der Waals surface area contributed by atoms with Gasteiger partial charge in [0.1, 0.15) is 18.1 Å². The van der Waals surface area contributed by atoms with Gasteiger partial charge in [0.2, 0.25) is 29.5 Å². The van der Waals surface area contributed by atoms with E-state index in [1.54, 1.807) is 0 Å². The molecule has 212 valence electrons. The molecule has 4 atom stereocenters. The van der Waals surface area contributed by atoms with E-state index in [-0.39, 0.29) is 32.1 Å². The number of carbonyl (C=O) groups excluding carboxylic acids is 5. The number of carboxylic acid groups (broad SMARTS) is 1. The standard InChI is InChI=1S/C22H42N8O7/c23-11-3-1-5-13(25)19(33)28-14(6-2-4-12-24)20(34)29-15(7-9-17(26)31)21(35)30-16(22(36)37)8-10-18(27)32/h13-16H,1-12,23-25H2,(H2,26,31)(H2,27,32)(H,28,33)(H,29,34)(H,30,35)(H,36,37). The van der Waals surface area contributed by atoms with Crippen molar-refractivity contribution in [2.45, 2.75) is 88.4 Å². The fraction of sp³-hybridized carbons (Fsp3) is 0.727. The second-order valence-electron chi connectivity index (χ2n) is 8.71. The van der Waals surface area contributed by atoms with E-state index in [1.165, 1.54) is 0 Å². The van der Waals surface area contributed by atoms with E-state index in [9.17, 15) is 33.9 Å². The molecule has 0 aromatic rings. The highest BCUT2D eigenvalue weighted by Gasteiger charge is 2.30. The number of hydrogen-bond donors (Lipinski definition) is 9. The first-order chi connectivity index (χ1) is 17.4. The first kappa shape index (κ1) is 33.7. The largest absolute Gasteiger partial charge is 0.480 e. The Morgan fingerprint density at radius 1 is 0.595 bits per heavy atom. The van der Waals surface area contributed by atoms with Crippen molar-refractivity contribution in [1.82, 2.24) is 16.0 Å². The molecule has 0 fully saturated rings. The average Bonchev–Trinajstić information content (AvgIpc) is 2.82. The zero-order valence-electron chi connectivity index (χ0n) is 21.1. The van der Waals surface area contributed by atoms with Crippen molar-refractivity contribution in [2.75, 3.05) is 13.1 Å². The lowest BCUT2D eigenvalue weighted by atomic mass is 10.0. The van der Waals surface area contributed by atoms with Gasteiger partial charge in [0.15, 0.2) is 0 Å². The maximum absolute atomic E-state index is 13.1. The minimum absolute atomic E-state index is 0.199. The molecule has 0 saturated carbocycles. The summed E-state index contributed by atoms with van der Waals surface area (Å²) in [7, 11) is 0. The van der Waals surface area contributed by atoms with Crippen LogP contribution in [-0.2, 0) is 28.8 Å². The molecule has 0 heterocycles. The highest BCUT2D eigenvalue weighted by Crippen LogP contribution is 2.07. The van der Waals surface area contributed by atoms with Crippen molar-refractivity contribution >= 4 is 35.5 Å². The molecule has 15 nitrogen and oxygen atoms in total. The van der Waals surface area contributed by atoms with E-state index in [4.69, 9.17) is 28.7 Å². The van der Waals surface area contributed by atoms with Gasteiger partial charge in [-0.25, -0.2) is 4.79 Å². The third-order valence-electron chi connectivity index (χ3n) is 5.49. The predicted molar refractivity (Wildman–Crippen MR) is 134 cm³/mol. The number of hydrogen-bond acceptors (Lipinski definition) is 9. The SMILES string of the molecule is NCCCCC(N)C(=O)NC(CCCCN)C(=O)NC(CCC(N)=O)C(=O)NC(CCC(N)=O)C(=O)O. The normalized spacial score (nSPS) is 14.0. The summed E-state index contributed by atoms with van der Waals surface area (Å²) in [5.41, 5.74) is 27.1. The zero-order chi connectivity index (χ0) is 28.4. The second kappa shape index (κ2) is 18.9. The van der Waals surface area contributed by atoms with Crippen LogP contribution in [0.2, 0.25) is 0 Å². The van der Waals surface area contributed by atoms with Crippen molar-refractivity contribution in [3.8, 4) is 0 Å². The molecular weight excluding hydrogens is 488 g/mol. The fourth-order valence-electron chi connectivity index (χ4n) is 3.32. The molecule has 0 aromatic carbocycles. The first-order valence-electron chi connectivity index (χ1n) is 12.3. The van der Waals surface area contributed by atoms with Crippen LogP contribution in [0.4, 0.5) is 0 Å². The van der Waals surface area contributed by atoms with E-state index < -0.39 is 59.7 Å². The van der Waals surface area contributed by atoms with E-state index in [0.29, 0.717) is 45.2 Å². The molecule has 0 aliphatic rings. The maximum Gasteiger partial charge on any atom is 0.326 e. The number of carboxylic acids is 1. The van der Waals surface area contributed by atoms with Gasteiger partial charge in [-0.3, -0.25) is 24.0 Å². The minimum atomic E-state index is -1.46. The Bertz CT molecular complexity index is 780. The first-order valence-corrected chi connectivity index (χ1v) is 12.3. The summed E-state index contributed by atoms with van der Waals surface area (Å²) in [6.45, 7) is 0.824. The lowest BCUT2D eigenvalue weighted by molar-refractivity contribution is -0.142. The number of nitrogens with one attached hydrogen (secondary N) is 3. The Kier molecular flexibility index (Phi) is 17.2. The Hall–Kier alpha value is -3.30. The van der Waals surface area contributed by atoms with Gasteiger partial charge in [0.25, 0.3) is 0 Å². The molecule has 5 amide bonds. The van der Waals surface area contributed by atoms with Crippen LogP contribution in [0.25, 0.3) is 0 Å². The van der Waals surface area contributed by atoms with Crippen LogP contribution in [0, 0.1) is 0 Å². The second-order valence-corrected chi connectivity index (χ2v) is 8.71. The molecule has 0 rings (SSSR count). The number of carbonyl (C=O) groups is 6. The van der Waals surface area contributed by atoms with Gasteiger partial charge in [-0.2, -0.15) is 0 Å². The van der Waals surface area contributed by atoms with Crippen molar-refractivity contribution in [2.24, 2.45) is 28.7 Å². The van der Waals surface area contributed by atoms with Gasteiger partial charge < -0.3 is 49.7 Å². The van der Waals surface area contributed by atoms with Gasteiger partial charge in [-0.15, -0.1) is 0 Å². The molecule has 0 bridgehead atoms. The average molecular weight is 531 g/mol. The van der Waals surface area contributed by atoms with E-state index in [2.05, 4.69) is 16.0 Å². The third kappa shape index (κ3) is 15.4. The molecule has 37 heavy (non-hydrogen) atoms. The van der Waals surface area contributed by atoms with Gasteiger partial charge in [-0.1, -0.05) is 6.42 Å². The smallest absolute Gasteiger partial charge is 0.326 e. The predicted octanol–water partition coefficient (Wildman–Crippen LogP) is -3.36. The molecule has 14 N–H and O–H groups in total. The van der Waals surface area contributed by atoms with Crippen LogP contribution in [0.1, 0.15) is 64.2 Å². The number of aliphatic carboxylic acids is 1. The highest BCUT2D eigenvalue weighted by molar-refractivity contribution is 5.94. The van der Waals surface area contributed by atoms with Gasteiger partial charge in [0, 0.05) is 12.8 Å². The van der Waals surface area contributed by atoms with Crippen molar-refractivity contribution < 1.29 is 33.9 Å². The highest BCUT2D eigenvalue weighted by atomic mass is 16.4.